The van der Waals surface area contributed by atoms with Gasteiger partial charge in [0.15, 0.2) is 0 Å². The van der Waals surface area contributed by atoms with Gasteiger partial charge in [-0.05, 0) is 13.0 Å². The van der Waals surface area contributed by atoms with E-state index in [1.807, 2.05) is 13.2 Å². The average molecular weight is 168 g/mol. The molecule has 1 rings (SSSR count). The molecule has 0 radical (unpaired) electrons. The summed E-state index contributed by atoms with van der Waals surface area (Å²) in [5.74, 6) is 2.38. The van der Waals surface area contributed by atoms with Gasteiger partial charge in [0.1, 0.15) is 5.76 Å². The fourth-order valence-electron chi connectivity index (χ4n) is 1.08. The molecule has 0 fully saturated rings. The van der Waals surface area contributed by atoms with Gasteiger partial charge in [0, 0.05) is 6.42 Å². The summed E-state index contributed by atoms with van der Waals surface area (Å²) in [7, 11) is 1.88. The summed E-state index contributed by atoms with van der Waals surface area (Å²) >= 11 is 0. The smallest absolute Gasteiger partial charge is 0.208 e. The molecular weight excluding hydrogens is 152 g/mol. The maximum absolute atomic E-state index is 5.46. The normalized spacial score (nSPS) is 11.0. The third kappa shape index (κ3) is 2.66. The van der Waals surface area contributed by atoms with Crippen LogP contribution in [0.5, 0.6) is 0 Å². The van der Waals surface area contributed by atoms with Crippen LogP contribution in [-0.2, 0) is 13.0 Å². The summed E-state index contributed by atoms with van der Waals surface area (Å²) in [5, 5.41) is 2.99. The second kappa shape index (κ2) is 4.26. The Morgan fingerprint density at radius 1 is 1.58 bits per heavy atom. The van der Waals surface area contributed by atoms with Crippen LogP contribution in [0.2, 0.25) is 0 Å². The van der Waals surface area contributed by atoms with Crippen LogP contribution < -0.4 is 5.32 Å². The molecule has 12 heavy (non-hydrogen) atoms. The maximum Gasteiger partial charge on any atom is 0.208 e. The largest absolute Gasteiger partial charge is 0.444 e. The Kier molecular flexibility index (Phi) is 3.29. The third-order valence-corrected chi connectivity index (χ3v) is 1.54. The zero-order valence-corrected chi connectivity index (χ0v) is 7.92. The SMILES string of the molecule is CNCc1ncc(CC(C)C)o1. The first-order chi connectivity index (χ1) is 5.72. The summed E-state index contributed by atoms with van der Waals surface area (Å²) in [5.41, 5.74) is 0. The molecule has 0 saturated heterocycles. The molecule has 0 bridgehead atoms. The standard InChI is InChI=1S/C9H16N2O/c1-7(2)4-8-5-11-9(12-8)6-10-3/h5,7,10H,4,6H2,1-3H3. The van der Waals surface area contributed by atoms with Crippen LogP contribution in [0.25, 0.3) is 0 Å². The zero-order chi connectivity index (χ0) is 8.97. The predicted molar refractivity (Wildman–Crippen MR) is 47.8 cm³/mol. The molecule has 0 atom stereocenters. The highest BCUT2D eigenvalue weighted by atomic mass is 16.4. The van der Waals surface area contributed by atoms with E-state index in [0.717, 1.165) is 18.1 Å². The molecule has 0 spiro atoms. The van der Waals surface area contributed by atoms with E-state index in [4.69, 9.17) is 4.42 Å². The molecule has 0 aromatic carbocycles. The van der Waals surface area contributed by atoms with Gasteiger partial charge in [-0.2, -0.15) is 0 Å². The third-order valence-electron chi connectivity index (χ3n) is 1.54. The average Bonchev–Trinajstić information content (AvgIpc) is 2.36. The summed E-state index contributed by atoms with van der Waals surface area (Å²) in [6.45, 7) is 5.04. The van der Waals surface area contributed by atoms with Crippen LogP contribution in [0.1, 0.15) is 25.5 Å². The van der Waals surface area contributed by atoms with Crippen LogP contribution in [0.15, 0.2) is 10.6 Å². The van der Waals surface area contributed by atoms with Gasteiger partial charge in [-0.1, -0.05) is 13.8 Å². The maximum atomic E-state index is 5.46. The minimum Gasteiger partial charge on any atom is -0.444 e. The Hall–Kier alpha value is -0.830. The molecular formula is C9H16N2O. The van der Waals surface area contributed by atoms with Crippen LogP contribution in [-0.4, -0.2) is 12.0 Å². The highest BCUT2D eigenvalue weighted by Crippen LogP contribution is 2.09. The summed E-state index contributed by atoms with van der Waals surface area (Å²) in [6.07, 6.45) is 2.78. The fourth-order valence-corrected chi connectivity index (χ4v) is 1.08. The van der Waals surface area contributed by atoms with Gasteiger partial charge in [-0.25, -0.2) is 4.98 Å². The molecule has 0 aliphatic rings. The number of nitrogens with zero attached hydrogens (tertiary/aromatic N) is 1. The Morgan fingerprint density at radius 3 is 2.92 bits per heavy atom. The number of nitrogens with one attached hydrogen (secondary N) is 1. The van der Waals surface area contributed by atoms with Crippen LogP contribution in [0.3, 0.4) is 0 Å². The minimum atomic E-state index is 0.625. The van der Waals surface area contributed by atoms with E-state index in [2.05, 4.69) is 24.1 Å². The first-order valence-corrected chi connectivity index (χ1v) is 4.30. The van der Waals surface area contributed by atoms with Crippen molar-refractivity contribution in [1.29, 1.82) is 0 Å². The van der Waals surface area contributed by atoms with Crippen molar-refractivity contribution < 1.29 is 4.42 Å². The van der Waals surface area contributed by atoms with Crippen LogP contribution >= 0.6 is 0 Å². The Balaban J connectivity index is 2.52. The van der Waals surface area contributed by atoms with Crippen molar-refractivity contribution in [2.75, 3.05) is 7.05 Å². The Labute approximate surface area is 73.2 Å². The molecule has 3 nitrogen and oxygen atoms in total. The van der Waals surface area contributed by atoms with Crippen molar-refractivity contribution in [2.24, 2.45) is 5.92 Å². The molecule has 0 unspecified atom stereocenters. The molecule has 0 saturated carbocycles. The van der Waals surface area contributed by atoms with Gasteiger partial charge in [0.25, 0.3) is 0 Å². The van der Waals surface area contributed by atoms with E-state index in [0.29, 0.717) is 12.5 Å². The molecule has 0 amide bonds. The van der Waals surface area contributed by atoms with E-state index in [9.17, 15) is 0 Å². The lowest BCUT2D eigenvalue weighted by molar-refractivity contribution is 0.424. The van der Waals surface area contributed by atoms with Crippen molar-refractivity contribution in [3.05, 3.63) is 17.8 Å². The van der Waals surface area contributed by atoms with Gasteiger partial charge in [0.2, 0.25) is 5.89 Å². The molecule has 0 aliphatic carbocycles. The molecule has 1 heterocycles. The molecule has 1 N–H and O–H groups in total. The number of hydrogen-bond acceptors (Lipinski definition) is 3. The van der Waals surface area contributed by atoms with Gasteiger partial charge in [-0.3, -0.25) is 0 Å². The van der Waals surface area contributed by atoms with Gasteiger partial charge in [-0.15, -0.1) is 0 Å². The van der Waals surface area contributed by atoms with Crippen molar-refractivity contribution >= 4 is 0 Å². The molecule has 0 aliphatic heterocycles. The summed E-state index contributed by atoms with van der Waals surface area (Å²) < 4.78 is 5.46. The molecule has 1 aromatic rings. The lowest BCUT2D eigenvalue weighted by Gasteiger charge is -1.98. The van der Waals surface area contributed by atoms with E-state index in [-0.39, 0.29) is 0 Å². The van der Waals surface area contributed by atoms with Crippen LogP contribution in [0, 0.1) is 5.92 Å². The number of aromatic nitrogens is 1. The number of oxazole rings is 1. The lowest BCUT2D eigenvalue weighted by atomic mass is 10.1. The molecule has 3 heteroatoms. The van der Waals surface area contributed by atoms with E-state index < -0.39 is 0 Å². The first kappa shape index (κ1) is 9.26. The Morgan fingerprint density at radius 2 is 2.33 bits per heavy atom. The Bertz CT molecular complexity index is 230. The number of hydrogen-bond donors (Lipinski definition) is 1. The van der Waals surface area contributed by atoms with Gasteiger partial charge >= 0.3 is 0 Å². The predicted octanol–water partition coefficient (Wildman–Crippen LogP) is 1.59. The van der Waals surface area contributed by atoms with E-state index >= 15 is 0 Å². The summed E-state index contributed by atoms with van der Waals surface area (Å²) in [4.78, 5) is 4.13. The summed E-state index contributed by atoms with van der Waals surface area (Å²) in [6, 6.07) is 0. The number of rotatable bonds is 4. The van der Waals surface area contributed by atoms with E-state index in [1.54, 1.807) is 0 Å². The second-order valence-electron chi connectivity index (χ2n) is 3.35. The minimum absolute atomic E-state index is 0.625. The topological polar surface area (TPSA) is 38.1 Å². The second-order valence-corrected chi connectivity index (χ2v) is 3.35. The van der Waals surface area contributed by atoms with Crippen molar-refractivity contribution in [3.63, 3.8) is 0 Å². The van der Waals surface area contributed by atoms with Crippen molar-refractivity contribution in [2.45, 2.75) is 26.8 Å². The van der Waals surface area contributed by atoms with Gasteiger partial charge in [0.05, 0.1) is 12.7 Å². The monoisotopic (exact) mass is 168 g/mol. The first-order valence-electron chi connectivity index (χ1n) is 4.30. The zero-order valence-electron chi connectivity index (χ0n) is 7.92. The molecule has 1 aromatic heterocycles. The molecule has 68 valence electrons. The van der Waals surface area contributed by atoms with Crippen molar-refractivity contribution in [1.82, 2.24) is 10.3 Å². The fraction of sp³-hybridized carbons (Fsp3) is 0.667. The highest BCUT2D eigenvalue weighted by molar-refractivity contribution is 4.94. The lowest BCUT2D eigenvalue weighted by Crippen LogP contribution is -2.04. The van der Waals surface area contributed by atoms with Crippen molar-refractivity contribution in [3.8, 4) is 0 Å². The quantitative estimate of drug-likeness (QED) is 0.742. The van der Waals surface area contributed by atoms with E-state index in [1.165, 1.54) is 0 Å². The highest BCUT2D eigenvalue weighted by Gasteiger charge is 2.04. The van der Waals surface area contributed by atoms with Gasteiger partial charge < -0.3 is 9.73 Å². The van der Waals surface area contributed by atoms with Crippen LogP contribution in [0.4, 0.5) is 0 Å².